The number of hydrogen-bond donors (Lipinski definition) is 0. The van der Waals surface area contributed by atoms with Gasteiger partial charge in [0.25, 0.3) is 0 Å². The first-order valence-electron chi connectivity index (χ1n) is 4.58. The Kier molecular flexibility index (Phi) is 8.49. The second-order valence-electron chi connectivity index (χ2n) is 3.26. The zero-order chi connectivity index (χ0) is 8.23. The summed E-state index contributed by atoms with van der Waals surface area (Å²) in [5.74, 6) is 0. The minimum atomic E-state index is 0. The molecule has 0 saturated heterocycles. The van der Waals surface area contributed by atoms with Crippen LogP contribution in [0, 0.1) is 6.07 Å². The zero-order valence-electron chi connectivity index (χ0n) is 8.21. The predicted molar refractivity (Wildman–Crippen MR) is 59.1 cm³/mol. The van der Waals surface area contributed by atoms with Gasteiger partial charge in [-0.05, 0) is 12.8 Å². The molecule has 0 aromatic heterocycles. The molecule has 72 valence electrons. The van der Waals surface area contributed by atoms with Gasteiger partial charge in [0.1, 0.15) is 0 Å². The molecule has 1 aliphatic carbocycles. The molecule has 0 nitrogen and oxygen atoms in total. The third kappa shape index (κ3) is 4.56. The third-order valence-corrected chi connectivity index (χ3v) is 3.64. The first kappa shape index (κ1) is 14.8. The van der Waals surface area contributed by atoms with Crippen molar-refractivity contribution in [2.75, 3.05) is 0 Å². The van der Waals surface area contributed by atoms with Gasteiger partial charge in [0, 0.05) is 5.25 Å². The summed E-state index contributed by atoms with van der Waals surface area (Å²) < 4.78 is 0. The van der Waals surface area contributed by atoms with Gasteiger partial charge in [-0.15, -0.1) is 16.7 Å². The number of hydrogen-bond acceptors (Lipinski definition) is 1. The molecule has 2 rings (SSSR count). The summed E-state index contributed by atoms with van der Waals surface area (Å²) in [6, 6.07) is 11.4. The van der Waals surface area contributed by atoms with E-state index in [9.17, 15) is 0 Å². The van der Waals surface area contributed by atoms with Gasteiger partial charge in [0.2, 0.25) is 0 Å². The molecule has 1 saturated carbocycles. The Balaban J connectivity index is 0.000000845. The predicted octanol–water partition coefficient (Wildman–Crippen LogP) is 0.145. The minimum absolute atomic E-state index is 0. The Morgan fingerprint density at radius 2 is 1.71 bits per heavy atom. The smallest absolute Gasteiger partial charge is 1.00 e. The first-order valence-corrected chi connectivity index (χ1v) is 5.46. The third-order valence-electron chi connectivity index (χ3n) is 2.29. The van der Waals surface area contributed by atoms with Gasteiger partial charge in [-0.2, -0.15) is 30.3 Å². The van der Waals surface area contributed by atoms with E-state index in [0.717, 1.165) is 5.25 Å². The summed E-state index contributed by atoms with van der Waals surface area (Å²) in [6.07, 6.45) is 5.67. The molecule has 1 aromatic rings. The van der Waals surface area contributed by atoms with Crippen molar-refractivity contribution in [3.8, 4) is 0 Å². The van der Waals surface area contributed by atoms with Crippen molar-refractivity contribution in [1.82, 2.24) is 0 Å². The van der Waals surface area contributed by atoms with Gasteiger partial charge in [-0.25, -0.2) is 0 Å². The molecule has 0 heterocycles. The van der Waals surface area contributed by atoms with E-state index in [0.29, 0.717) is 0 Å². The van der Waals surface area contributed by atoms with Crippen LogP contribution in [0.15, 0.2) is 29.2 Å². The van der Waals surface area contributed by atoms with Crippen molar-refractivity contribution in [2.24, 2.45) is 0 Å². The van der Waals surface area contributed by atoms with E-state index in [2.05, 4.69) is 18.2 Å². The van der Waals surface area contributed by atoms with E-state index in [1.807, 2.05) is 23.9 Å². The van der Waals surface area contributed by atoms with E-state index in [1.54, 1.807) is 0 Å². The molecule has 0 spiro atoms. The van der Waals surface area contributed by atoms with Crippen molar-refractivity contribution in [2.45, 2.75) is 35.8 Å². The Morgan fingerprint density at radius 3 is 2.29 bits per heavy atom. The van der Waals surface area contributed by atoms with E-state index in [1.165, 1.54) is 30.6 Å². The molecule has 14 heavy (non-hydrogen) atoms. The van der Waals surface area contributed by atoms with Crippen LogP contribution < -0.4 is 17.0 Å². The molecular formula is C11H13BrMgS. The molecule has 0 aliphatic heterocycles. The minimum Gasteiger partial charge on any atom is -1.00 e. The largest absolute Gasteiger partial charge is 2.00 e. The Hall–Kier alpha value is 0.816. The van der Waals surface area contributed by atoms with E-state index in [-0.39, 0.29) is 40.0 Å². The van der Waals surface area contributed by atoms with Crippen LogP contribution in [0.4, 0.5) is 0 Å². The van der Waals surface area contributed by atoms with E-state index < -0.39 is 0 Å². The summed E-state index contributed by atoms with van der Waals surface area (Å²) in [5, 5.41) is 0.882. The van der Waals surface area contributed by atoms with Gasteiger partial charge in [-0.3, -0.25) is 0 Å². The molecule has 0 N–H and O–H groups in total. The molecular weight excluding hydrogens is 268 g/mol. The van der Waals surface area contributed by atoms with Crippen LogP contribution in [0.5, 0.6) is 0 Å². The van der Waals surface area contributed by atoms with Crippen molar-refractivity contribution in [1.29, 1.82) is 0 Å². The van der Waals surface area contributed by atoms with Crippen molar-refractivity contribution >= 4 is 34.8 Å². The van der Waals surface area contributed by atoms with E-state index in [4.69, 9.17) is 0 Å². The summed E-state index contributed by atoms with van der Waals surface area (Å²) in [4.78, 5) is 1.40. The topological polar surface area (TPSA) is 0 Å². The average molecular weight is 282 g/mol. The molecule has 0 unspecified atom stereocenters. The second kappa shape index (κ2) is 8.03. The molecule has 0 radical (unpaired) electrons. The summed E-state index contributed by atoms with van der Waals surface area (Å²) in [7, 11) is 0. The Morgan fingerprint density at radius 1 is 1.14 bits per heavy atom. The van der Waals surface area contributed by atoms with Crippen molar-refractivity contribution < 1.29 is 17.0 Å². The molecule has 1 aromatic carbocycles. The van der Waals surface area contributed by atoms with Crippen LogP contribution in [0.25, 0.3) is 0 Å². The summed E-state index contributed by atoms with van der Waals surface area (Å²) >= 11 is 2.03. The number of benzene rings is 1. The maximum atomic E-state index is 3.04. The zero-order valence-corrected chi connectivity index (χ0v) is 12.0. The van der Waals surface area contributed by atoms with Gasteiger partial charge >= 0.3 is 23.1 Å². The van der Waals surface area contributed by atoms with Gasteiger partial charge in [0.15, 0.2) is 0 Å². The van der Waals surface area contributed by atoms with Gasteiger partial charge in [-0.1, -0.05) is 12.8 Å². The Bertz CT molecular complexity index is 234. The maximum Gasteiger partial charge on any atom is 2.00 e. The van der Waals surface area contributed by atoms with Crippen LogP contribution in [0.3, 0.4) is 0 Å². The quantitative estimate of drug-likeness (QED) is 0.549. The van der Waals surface area contributed by atoms with Gasteiger partial charge < -0.3 is 17.0 Å². The number of rotatable bonds is 2. The molecule has 0 amide bonds. The van der Waals surface area contributed by atoms with Crippen molar-refractivity contribution in [3.63, 3.8) is 0 Å². The van der Waals surface area contributed by atoms with Crippen LogP contribution in [-0.4, -0.2) is 28.3 Å². The molecule has 1 aliphatic rings. The number of halogens is 1. The fourth-order valence-electron chi connectivity index (χ4n) is 1.65. The van der Waals surface area contributed by atoms with Crippen molar-refractivity contribution in [3.05, 3.63) is 30.3 Å². The Labute approximate surface area is 117 Å². The maximum absolute atomic E-state index is 3.04. The SMILES string of the molecule is [Br-].[Mg+2].[c-]1ccc(SC2CCCC2)cc1. The fourth-order valence-corrected chi connectivity index (χ4v) is 2.90. The van der Waals surface area contributed by atoms with Crippen LogP contribution in [0.2, 0.25) is 0 Å². The summed E-state index contributed by atoms with van der Waals surface area (Å²) in [5.41, 5.74) is 0. The van der Waals surface area contributed by atoms with Gasteiger partial charge in [0.05, 0.1) is 0 Å². The first-order chi connectivity index (χ1) is 5.95. The molecule has 1 fully saturated rings. The fraction of sp³-hybridized carbons (Fsp3) is 0.455. The average Bonchev–Trinajstić information content (AvgIpc) is 2.59. The second-order valence-corrected chi connectivity index (χ2v) is 4.63. The van der Waals surface area contributed by atoms with Crippen LogP contribution in [0.1, 0.15) is 25.7 Å². The van der Waals surface area contributed by atoms with Crippen LogP contribution >= 0.6 is 11.8 Å². The molecule has 0 atom stereocenters. The standard InChI is InChI=1S/C11H13S.BrH.Mg/c1-2-6-10(7-3-1)12-11-8-4-5-9-11;;/h2-3,6-7,11H,4-5,8-9H2;1H;/q-1;;+2/p-1. The number of thioether (sulfide) groups is 1. The summed E-state index contributed by atoms with van der Waals surface area (Å²) in [6.45, 7) is 0. The molecule has 0 bridgehead atoms. The monoisotopic (exact) mass is 280 g/mol. The normalized spacial score (nSPS) is 15.7. The molecule has 3 heteroatoms. The van der Waals surface area contributed by atoms with E-state index >= 15 is 0 Å². The van der Waals surface area contributed by atoms with Crippen LogP contribution in [-0.2, 0) is 0 Å².